The zero-order valence-electron chi connectivity index (χ0n) is 8.62. The molecule has 0 aliphatic heterocycles. The van der Waals surface area contributed by atoms with Crippen LogP contribution >= 0.6 is 0 Å². The summed E-state index contributed by atoms with van der Waals surface area (Å²) in [4.78, 5) is 12.0. The van der Waals surface area contributed by atoms with E-state index in [-0.39, 0.29) is 0 Å². The second-order valence-corrected chi connectivity index (χ2v) is 3.07. The molecule has 0 amide bonds. The highest BCUT2D eigenvalue weighted by Gasteiger charge is 2.01. The second-order valence-electron chi connectivity index (χ2n) is 3.07. The van der Waals surface area contributed by atoms with E-state index >= 15 is 0 Å². The van der Waals surface area contributed by atoms with E-state index in [1.165, 1.54) is 6.20 Å². The van der Waals surface area contributed by atoms with Gasteiger partial charge in [-0.05, 0) is 6.07 Å². The Labute approximate surface area is 91.8 Å². The van der Waals surface area contributed by atoms with Crippen LogP contribution in [-0.2, 0) is 13.6 Å². The van der Waals surface area contributed by atoms with Crippen molar-refractivity contribution in [1.82, 2.24) is 24.7 Å². The average Bonchev–Trinajstić information content (AvgIpc) is 2.73. The first-order valence-electron chi connectivity index (χ1n) is 4.59. The highest BCUT2D eigenvalue weighted by molar-refractivity contribution is 5.29. The zero-order valence-corrected chi connectivity index (χ0v) is 8.62. The maximum Gasteiger partial charge on any atom is 0.224 e. The lowest BCUT2D eigenvalue weighted by Gasteiger charge is -2.00. The Morgan fingerprint density at radius 2 is 2.38 bits per heavy atom. The third kappa shape index (κ3) is 2.30. The van der Waals surface area contributed by atoms with Gasteiger partial charge in [0, 0.05) is 13.2 Å². The first-order valence-corrected chi connectivity index (χ1v) is 4.59. The van der Waals surface area contributed by atoms with E-state index in [1.54, 1.807) is 24.1 Å². The Morgan fingerprint density at radius 1 is 1.50 bits per heavy atom. The molecule has 7 heteroatoms. The first-order chi connectivity index (χ1) is 7.78. The molecule has 0 aliphatic rings. The number of nitrogens with one attached hydrogen (secondary N) is 1. The molecule has 0 aliphatic carbocycles. The Bertz CT molecular complexity index is 525. The Balaban J connectivity index is 2.02. The van der Waals surface area contributed by atoms with Crippen LogP contribution in [0.15, 0.2) is 18.6 Å². The fourth-order valence-electron chi connectivity index (χ4n) is 1.13. The molecule has 0 saturated carbocycles. The quantitative estimate of drug-likeness (QED) is 0.779. The summed E-state index contributed by atoms with van der Waals surface area (Å²) >= 11 is 0. The molecule has 1 N–H and O–H groups in total. The second kappa shape index (κ2) is 4.35. The first kappa shape index (κ1) is 10.0. The fourth-order valence-corrected chi connectivity index (χ4v) is 1.13. The smallest absolute Gasteiger partial charge is 0.224 e. The molecule has 2 rings (SSSR count). The molecule has 0 atom stereocenters. The molecule has 0 aromatic carbocycles. The van der Waals surface area contributed by atoms with Gasteiger partial charge < -0.3 is 5.32 Å². The predicted octanol–water partition coefficient (Wildman–Crippen LogP) is 0.0889. The highest BCUT2D eigenvalue weighted by atomic mass is 15.3. The molecule has 16 heavy (non-hydrogen) atoms. The molecular weight excluding hydrogens is 206 g/mol. The van der Waals surface area contributed by atoms with Crippen molar-refractivity contribution in [2.45, 2.75) is 6.54 Å². The monoisotopic (exact) mass is 215 g/mol. The van der Waals surface area contributed by atoms with Crippen LogP contribution in [0.1, 0.15) is 11.5 Å². The maximum atomic E-state index is 8.65. The topological polar surface area (TPSA) is 92.3 Å². The minimum Gasteiger partial charge on any atom is -0.347 e. The average molecular weight is 215 g/mol. The van der Waals surface area contributed by atoms with E-state index in [0.717, 1.165) is 0 Å². The van der Waals surface area contributed by atoms with Crippen molar-refractivity contribution in [1.29, 1.82) is 5.26 Å². The molecular formula is C9H9N7. The molecule has 0 radical (unpaired) electrons. The summed E-state index contributed by atoms with van der Waals surface area (Å²) in [7, 11) is 1.79. The lowest BCUT2D eigenvalue weighted by molar-refractivity contribution is 0.746. The van der Waals surface area contributed by atoms with Crippen LogP contribution < -0.4 is 5.32 Å². The number of nitrogens with zero attached hydrogens (tertiary/aromatic N) is 6. The number of hydrogen-bond acceptors (Lipinski definition) is 6. The third-order valence-electron chi connectivity index (χ3n) is 1.82. The van der Waals surface area contributed by atoms with Crippen LogP contribution in [0.3, 0.4) is 0 Å². The number of hydrogen-bond donors (Lipinski definition) is 1. The Morgan fingerprint density at radius 3 is 3.06 bits per heavy atom. The third-order valence-corrected chi connectivity index (χ3v) is 1.82. The van der Waals surface area contributed by atoms with Gasteiger partial charge >= 0.3 is 0 Å². The van der Waals surface area contributed by atoms with Crippen LogP contribution in [0, 0.1) is 11.3 Å². The molecule has 0 unspecified atom stereocenters. The van der Waals surface area contributed by atoms with Gasteiger partial charge in [-0.25, -0.2) is 15.0 Å². The van der Waals surface area contributed by atoms with E-state index in [0.29, 0.717) is 24.0 Å². The van der Waals surface area contributed by atoms with E-state index < -0.39 is 0 Å². The standard InChI is InChI=1S/C9H9N7/c1-16-6-13-8(15-16)5-12-9-11-3-2-7(4-10)14-9/h2-3,6H,5H2,1H3,(H,11,12,14). The van der Waals surface area contributed by atoms with E-state index in [1.807, 2.05) is 6.07 Å². The van der Waals surface area contributed by atoms with Crippen LogP contribution in [0.4, 0.5) is 5.95 Å². The Hall–Kier alpha value is -2.49. The summed E-state index contributed by atoms with van der Waals surface area (Å²) in [6, 6.07) is 3.49. The number of aryl methyl sites for hydroxylation is 1. The van der Waals surface area contributed by atoms with Gasteiger partial charge in [0.05, 0.1) is 6.54 Å². The molecule has 0 spiro atoms. The molecule has 7 nitrogen and oxygen atoms in total. The summed E-state index contributed by atoms with van der Waals surface area (Å²) in [5.74, 6) is 1.04. The van der Waals surface area contributed by atoms with Crippen LogP contribution in [0.5, 0.6) is 0 Å². The summed E-state index contributed by atoms with van der Waals surface area (Å²) in [6.07, 6.45) is 3.14. The SMILES string of the molecule is Cn1cnc(CNc2nccc(C#N)n2)n1. The van der Waals surface area contributed by atoms with Crippen LogP contribution in [0.2, 0.25) is 0 Å². The highest BCUT2D eigenvalue weighted by Crippen LogP contribution is 2.00. The minimum absolute atomic E-state index is 0.325. The number of anilines is 1. The summed E-state index contributed by atoms with van der Waals surface area (Å²) < 4.78 is 1.61. The number of rotatable bonds is 3. The number of nitriles is 1. The van der Waals surface area contributed by atoms with Crippen molar-refractivity contribution in [2.75, 3.05) is 5.32 Å². The summed E-state index contributed by atoms with van der Waals surface area (Å²) in [5, 5.41) is 15.7. The van der Waals surface area contributed by atoms with Gasteiger partial charge in [-0.15, -0.1) is 0 Å². The van der Waals surface area contributed by atoms with Crippen molar-refractivity contribution in [3.63, 3.8) is 0 Å². The van der Waals surface area contributed by atoms with Crippen molar-refractivity contribution in [3.05, 3.63) is 30.1 Å². The lowest BCUT2D eigenvalue weighted by Crippen LogP contribution is -2.06. The van der Waals surface area contributed by atoms with Crippen molar-refractivity contribution >= 4 is 5.95 Å². The predicted molar refractivity (Wildman–Crippen MR) is 55.1 cm³/mol. The van der Waals surface area contributed by atoms with Gasteiger partial charge in [-0.3, -0.25) is 4.68 Å². The minimum atomic E-state index is 0.325. The maximum absolute atomic E-state index is 8.65. The zero-order chi connectivity index (χ0) is 11.4. The largest absolute Gasteiger partial charge is 0.347 e. The molecule has 2 aromatic heterocycles. The molecule has 2 aromatic rings. The van der Waals surface area contributed by atoms with E-state index in [4.69, 9.17) is 5.26 Å². The molecule has 80 valence electrons. The van der Waals surface area contributed by atoms with Crippen LogP contribution in [0.25, 0.3) is 0 Å². The van der Waals surface area contributed by atoms with Gasteiger partial charge in [0.25, 0.3) is 0 Å². The van der Waals surface area contributed by atoms with E-state index in [9.17, 15) is 0 Å². The van der Waals surface area contributed by atoms with Crippen molar-refractivity contribution in [3.8, 4) is 6.07 Å². The van der Waals surface area contributed by atoms with Gasteiger partial charge in [0.2, 0.25) is 5.95 Å². The fraction of sp³-hybridized carbons (Fsp3) is 0.222. The summed E-state index contributed by atoms with van der Waals surface area (Å²) in [6.45, 7) is 0.426. The Kier molecular flexibility index (Phi) is 2.73. The number of aromatic nitrogens is 5. The van der Waals surface area contributed by atoms with Gasteiger partial charge in [0.15, 0.2) is 5.82 Å². The molecule has 2 heterocycles. The molecule has 0 saturated heterocycles. The van der Waals surface area contributed by atoms with Crippen molar-refractivity contribution in [2.24, 2.45) is 7.05 Å². The van der Waals surface area contributed by atoms with Gasteiger partial charge in [-0.1, -0.05) is 0 Å². The normalized spacial score (nSPS) is 9.75. The van der Waals surface area contributed by atoms with Crippen molar-refractivity contribution < 1.29 is 0 Å². The van der Waals surface area contributed by atoms with E-state index in [2.05, 4.69) is 25.4 Å². The van der Waals surface area contributed by atoms with Gasteiger partial charge in [0.1, 0.15) is 18.1 Å². The summed E-state index contributed by atoms with van der Waals surface area (Å²) in [5.41, 5.74) is 0.325. The van der Waals surface area contributed by atoms with Gasteiger partial charge in [-0.2, -0.15) is 10.4 Å². The molecule has 0 bridgehead atoms. The molecule has 0 fully saturated rings. The lowest BCUT2D eigenvalue weighted by atomic mass is 10.4. The van der Waals surface area contributed by atoms with Crippen LogP contribution in [-0.4, -0.2) is 24.7 Å².